The van der Waals surface area contributed by atoms with Crippen LogP contribution in [0.15, 0.2) is 42.5 Å². The molecule has 0 bridgehead atoms. The summed E-state index contributed by atoms with van der Waals surface area (Å²) in [6, 6.07) is 14.4. The van der Waals surface area contributed by atoms with E-state index in [1.165, 1.54) is 36.0 Å². The van der Waals surface area contributed by atoms with Crippen LogP contribution in [0.5, 0.6) is 5.75 Å². The van der Waals surface area contributed by atoms with Gasteiger partial charge >= 0.3 is 0 Å². The van der Waals surface area contributed by atoms with Crippen LogP contribution in [0.4, 0.5) is 0 Å². The maximum atomic E-state index is 9.78. The first-order chi connectivity index (χ1) is 10.3. The van der Waals surface area contributed by atoms with E-state index < -0.39 is 0 Å². The summed E-state index contributed by atoms with van der Waals surface area (Å²) in [6.07, 6.45) is 4.05. The lowest BCUT2D eigenvalue weighted by molar-refractivity contribution is 0.173. The van der Waals surface area contributed by atoms with Gasteiger partial charge in [-0.3, -0.25) is 0 Å². The van der Waals surface area contributed by atoms with Gasteiger partial charge in [0, 0.05) is 0 Å². The third-order valence-corrected chi connectivity index (χ3v) is 4.22. The van der Waals surface area contributed by atoms with Crippen LogP contribution in [0.25, 0.3) is 0 Å². The molecule has 1 aliphatic carbocycles. The first-order valence-electron chi connectivity index (χ1n) is 7.78. The van der Waals surface area contributed by atoms with Crippen molar-refractivity contribution < 1.29 is 9.84 Å². The first kappa shape index (κ1) is 14.2. The lowest BCUT2D eigenvalue weighted by atomic mass is 10.1. The maximum Gasteiger partial charge on any atom is 0.119 e. The third kappa shape index (κ3) is 3.27. The molecule has 0 radical (unpaired) electrons. The van der Waals surface area contributed by atoms with Crippen molar-refractivity contribution in [3.05, 3.63) is 64.7 Å². The maximum absolute atomic E-state index is 9.78. The number of hydrogen-bond donors (Lipinski definition) is 1. The topological polar surface area (TPSA) is 29.5 Å². The minimum absolute atomic E-state index is 0.379. The van der Waals surface area contributed by atoms with Gasteiger partial charge in [-0.15, -0.1) is 0 Å². The highest BCUT2D eigenvalue weighted by Gasteiger charge is 2.11. The van der Waals surface area contributed by atoms with Crippen LogP contribution in [0.3, 0.4) is 0 Å². The van der Waals surface area contributed by atoms with Crippen molar-refractivity contribution in [3.63, 3.8) is 0 Å². The van der Waals surface area contributed by atoms with Gasteiger partial charge in [0.1, 0.15) is 12.4 Å². The second-order valence-electron chi connectivity index (χ2n) is 5.74. The molecular formula is C19H22O2. The molecule has 0 heterocycles. The van der Waals surface area contributed by atoms with Crippen molar-refractivity contribution in [2.75, 3.05) is 0 Å². The Bertz CT molecular complexity index is 601. The molecule has 2 aromatic rings. The second-order valence-corrected chi connectivity index (χ2v) is 5.74. The van der Waals surface area contributed by atoms with E-state index in [0.29, 0.717) is 6.61 Å². The van der Waals surface area contributed by atoms with E-state index in [9.17, 15) is 5.11 Å². The van der Waals surface area contributed by atoms with Crippen molar-refractivity contribution in [2.45, 2.75) is 45.3 Å². The quantitative estimate of drug-likeness (QED) is 0.890. The smallest absolute Gasteiger partial charge is 0.119 e. The van der Waals surface area contributed by atoms with E-state index in [0.717, 1.165) is 17.7 Å². The number of fused-ring (bicyclic) bond motifs is 1. The molecule has 0 amide bonds. The van der Waals surface area contributed by atoms with Crippen molar-refractivity contribution in [3.8, 4) is 5.75 Å². The predicted molar refractivity (Wildman–Crippen MR) is 84.5 cm³/mol. The third-order valence-electron chi connectivity index (χ3n) is 4.22. The Kier molecular flexibility index (Phi) is 4.26. The van der Waals surface area contributed by atoms with E-state index in [1.54, 1.807) is 0 Å². The summed E-state index contributed by atoms with van der Waals surface area (Å²) in [5.74, 6) is 0.850. The highest BCUT2D eigenvalue weighted by atomic mass is 16.5. The monoisotopic (exact) mass is 282 g/mol. The SMILES string of the molecule is CCC(O)c1ccc(OCc2ccc3c(c2)CCC3)cc1. The number of benzene rings is 2. The molecule has 2 heteroatoms. The molecule has 0 saturated carbocycles. The van der Waals surface area contributed by atoms with Gasteiger partial charge in [0.2, 0.25) is 0 Å². The molecule has 0 aromatic heterocycles. The number of aliphatic hydroxyl groups excluding tert-OH is 1. The van der Waals surface area contributed by atoms with Gasteiger partial charge in [-0.2, -0.15) is 0 Å². The Morgan fingerprint density at radius 3 is 2.57 bits per heavy atom. The molecule has 21 heavy (non-hydrogen) atoms. The zero-order valence-electron chi connectivity index (χ0n) is 12.5. The summed E-state index contributed by atoms with van der Waals surface area (Å²) in [7, 11) is 0. The summed E-state index contributed by atoms with van der Waals surface area (Å²) in [4.78, 5) is 0. The first-order valence-corrected chi connectivity index (χ1v) is 7.78. The molecule has 0 aliphatic heterocycles. The highest BCUT2D eigenvalue weighted by molar-refractivity contribution is 5.35. The van der Waals surface area contributed by atoms with Crippen LogP contribution >= 0.6 is 0 Å². The van der Waals surface area contributed by atoms with Crippen molar-refractivity contribution >= 4 is 0 Å². The molecule has 0 fully saturated rings. The number of ether oxygens (including phenoxy) is 1. The number of hydrogen-bond acceptors (Lipinski definition) is 2. The van der Waals surface area contributed by atoms with E-state index in [-0.39, 0.29) is 6.10 Å². The molecule has 1 unspecified atom stereocenters. The minimum atomic E-state index is -0.379. The summed E-state index contributed by atoms with van der Waals surface area (Å²) < 4.78 is 5.84. The normalized spacial score (nSPS) is 14.8. The average molecular weight is 282 g/mol. The summed E-state index contributed by atoms with van der Waals surface area (Å²) in [5, 5.41) is 9.78. The van der Waals surface area contributed by atoms with E-state index in [4.69, 9.17) is 4.74 Å². The van der Waals surface area contributed by atoms with Gasteiger partial charge in [-0.1, -0.05) is 37.3 Å². The molecule has 2 aromatic carbocycles. The minimum Gasteiger partial charge on any atom is -0.489 e. The molecule has 110 valence electrons. The van der Waals surface area contributed by atoms with Gasteiger partial charge in [0.15, 0.2) is 0 Å². The van der Waals surface area contributed by atoms with Crippen molar-refractivity contribution in [1.29, 1.82) is 0 Å². The van der Waals surface area contributed by atoms with Crippen LogP contribution in [0, 0.1) is 0 Å². The van der Waals surface area contributed by atoms with Crippen molar-refractivity contribution in [2.24, 2.45) is 0 Å². The van der Waals surface area contributed by atoms with Gasteiger partial charge < -0.3 is 9.84 Å². The highest BCUT2D eigenvalue weighted by Crippen LogP contribution is 2.24. The van der Waals surface area contributed by atoms with Crippen LogP contribution in [-0.2, 0) is 19.4 Å². The molecule has 0 saturated heterocycles. The van der Waals surface area contributed by atoms with E-state index in [1.807, 2.05) is 31.2 Å². The van der Waals surface area contributed by atoms with Gasteiger partial charge in [-0.25, -0.2) is 0 Å². The molecule has 1 N–H and O–H groups in total. The van der Waals surface area contributed by atoms with Crippen LogP contribution in [0.1, 0.15) is 48.1 Å². The fourth-order valence-corrected chi connectivity index (χ4v) is 2.90. The van der Waals surface area contributed by atoms with Gasteiger partial charge in [0.05, 0.1) is 6.10 Å². The second kappa shape index (κ2) is 6.31. The van der Waals surface area contributed by atoms with Crippen molar-refractivity contribution in [1.82, 2.24) is 0 Å². The number of aryl methyl sites for hydroxylation is 2. The molecule has 0 spiro atoms. The average Bonchev–Trinajstić information content (AvgIpc) is 3.00. The summed E-state index contributed by atoms with van der Waals surface area (Å²) in [5.41, 5.74) is 5.16. The van der Waals surface area contributed by atoms with Crippen LogP contribution in [-0.4, -0.2) is 5.11 Å². The fourth-order valence-electron chi connectivity index (χ4n) is 2.90. The zero-order chi connectivity index (χ0) is 14.7. The summed E-state index contributed by atoms with van der Waals surface area (Å²) in [6.45, 7) is 2.58. The Morgan fingerprint density at radius 2 is 1.81 bits per heavy atom. The molecule has 2 nitrogen and oxygen atoms in total. The predicted octanol–water partition coefficient (Wildman–Crippen LogP) is 4.20. The Hall–Kier alpha value is -1.80. The lowest BCUT2D eigenvalue weighted by Crippen LogP contribution is -1.98. The van der Waals surface area contributed by atoms with Crippen LogP contribution < -0.4 is 4.74 Å². The molecule has 3 rings (SSSR count). The zero-order valence-corrected chi connectivity index (χ0v) is 12.5. The largest absolute Gasteiger partial charge is 0.489 e. The number of aliphatic hydroxyl groups is 1. The van der Waals surface area contributed by atoms with E-state index >= 15 is 0 Å². The molecular weight excluding hydrogens is 260 g/mol. The Morgan fingerprint density at radius 1 is 1.05 bits per heavy atom. The van der Waals surface area contributed by atoms with Crippen LogP contribution in [0.2, 0.25) is 0 Å². The Labute approximate surface area is 126 Å². The Balaban J connectivity index is 1.62. The molecule has 1 aliphatic rings. The van der Waals surface area contributed by atoms with E-state index in [2.05, 4.69) is 18.2 Å². The van der Waals surface area contributed by atoms with Gasteiger partial charge in [0.25, 0.3) is 0 Å². The lowest BCUT2D eigenvalue weighted by Gasteiger charge is -2.11. The summed E-state index contributed by atoms with van der Waals surface area (Å²) >= 11 is 0. The van der Waals surface area contributed by atoms with Gasteiger partial charge in [-0.05, 0) is 60.1 Å². The fraction of sp³-hybridized carbons (Fsp3) is 0.368. The molecule has 1 atom stereocenters. The number of rotatable bonds is 5. The standard InChI is InChI=1S/C19H22O2/c1-2-19(20)16-8-10-18(11-9-16)21-13-14-6-7-15-4-3-5-17(15)12-14/h6-12,19-20H,2-5,13H2,1H3.